The van der Waals surface area contributed by atoms with E-state index >= 15 is 0 Å². The van der Waals surface area contributed by atoms with Gasteiger partial charge >= 0.3 is 6.09 Å². The molecule has 0 N–H and O–H groups in total. The zero-order chi connectivity index (χ0) is 19.3. The summed E-state index contributed by atoms with van der Waals surface area (Å²) in [6.45, 7) is 4.04. The molecule has 0 radical (unpaired) electrons. The fourth-order valence-electron chi connectivity index (χ4n) is 3.39. The van der Waals surface area contributed by atoms with Gasteiger partial charge in [-0.3, -0.25) is 4.79 Å². The van der Waals surface area contributed by atoms with Gasteiger partial charge in [0.05, 0.1) is 6.04 Å². The highest BCUT2D eigenvalue weighted by atomic mass is 35.5. The smallest absolute Gasteiger partial charge is 0.417 e. The topological polar surface area (TPSA) is 46.6 Å². The summed E-state index contributed by atoms with van der Waals surface area (Å²) < 4.78 is 3.62. The fraction of sp³-hybridized carbons (Fsp3) is 0.579. The number of likely N-dealkylation sites (tertiary alicyclic amines) is 1. The Morgan fingerprint density at radius 2 is 1.88 bits per heavy atom. The predicted molar refractivity (Wildman–Crippen MR) is 105 cm³/mol. The van der Waals surface area contributed by atoms with Crippen molar-refractivity contribution in [2.45, 2.75) is 61.9 Å². The van der Waals surface area contributed by atoms with E-state index in [1.165, 1.54) is 0 Å². The minimum Gasteiger partial charge on any atom is -0.444 e. The van der Waals surface area contributed by atoms with Crippen LogP contribution in [-0.2, 0) is 16.1 Å². The largest absolute Gasteiger partial charge is 0.444 e. The first kappa shape index (κ1) is 21.3. The van der Waals surface area contributed by atoms with E-state index in [1.54, 1.807) is 0 Å². The molecule has 1 aromatic rings. The second kappa shape index (κ2) is 9.29. The molecule has 1 saturated heterocycles. The second-order valence-corrected chi connectivity index (χ2v) is 8.47. The molecule has 2 rings (SSSR count). The molecule has 0 aliphatic carbocycles. The van der Waals surface area contributed by atoms with Crippen LogP contribution in [0.3, 0.4) is 0 Å². The lowest BCUT2D eigenvalue weighted by atomic mass is 9.90. The van der Waals surface area contributed by atoms with Gasteiger partial charge in [-0.25, -0.2) is 9.69 Å². The van der Waals surface area contributed by atoms with Crippen molar-refractivity contribution in [1.82, 2.24) is 4.90 Å². The lowest BCUT2D eigenvalue weighted by molar-refractivity contribution is -0.128. The van der Waals surface area contributed by atoms with E-state index in [0.717, 1.165) is 23.3 Å². The van der Waals surface area contributed by atoms with Crippen molar-refractivity contribution in [2.75, 3.05) is 0 Å². The van der Waals surface area contributed by atoms with Gasteiger partial charge in [0.1, 0.15) is 6.61 Å². The van der Waals surface area contributed by atoms with Gasteiger partial charge in [-0.2, -0.15) is 0 Å². The van der Waals surface area contributed by atoms with E-state index in [9.17, 15) is 9.59 Å². The van der Waals surface area contributed by atoms with E-state index in [-0.39, 0.29) is 6.61 Å². The van der Waals surface area contributed by atoms with Crippen LogP contribution in [0, 0.1) is 5.92 Å². The van der Waals surface area contributed by atoms with Crippen LogP contribution in [0.2, 0.25) is 0 Å². The molecule has 1 fully saturated rings. The summed E-state index contributed by atoms with van der Waals surface area (Å²) in [4.78, 5) is 26.5. The monoisotopic (exact) mass is 419 g/mol. The number of halogens is 3. The summed E-state index contributed by atoms with van der Waals surface area (Å²) in [5, 5.41) is -0.401. The molecule has 3 atom stereocenters. The lowest BCUT2D eigenvalue weighted by Crippen LogP contribution is -2.42. The SMILES string of the molecule is CCCC(Cl)[C@H]1[C@@H](CCC)N(C(=O)OCc2ccccc2)C(=O)C1(Cl)Cl. The Morgan fingerprint density at radius 3 is 2.46 bits per heavy atom. The minimum atomic E-state index is -1.73. The van der Waals surface area contributed by atoms with E-state index in [4.69, 9.17) is 39.5 Å². The van der Waals surface area contributed by atoms with Crippen molar-refractivity contribution in [2.24, 2.45) is 5.92 Å². The van der Waals surface area contributed by atoms with Gasteiger partial charge in [0.15, 0.2) is 0 Å². The minimum absolute atomic E-state index is 0.0732. The summed E-state index contributed by atoms with van der Waals surface area (Å²) >= 11 is 19.3. The van der Waals surface area contributed by atoms with E-state index < -0.39 is 33.7 Å². The van der Waals surface area contributed by atoms with Gasteiger partial charge in [-0.1, -0.05) is 80.2 Å². The zero-order valence-electron chi connectivity index (χ0n) is 15.0. The summed E-state index contributed by atoms with van der Waals surface area (Å²) in [5.74, 6) is -1.19. The molecule has 0 spiro atoms. The molecule has 2 amide bonds. The number of alkyl halides is 3. The molecule has 1 aromatic carbocycles. The van der Waals surface area contributed by atoms with Crippen molar-refractivity contribution in [1.29, 1.82) is 0 Å². The quantitative estimate of drug-likeness (QED) is 0.545. The summed E-state index contributed by atoms with van der Waals surface area (Å²) in [7, 11) is 0. The number of ether oxygens (including phenoxy) is 1. The number of amides is 2. The third-order valence-corrected chi connectivity index (χ3v) is 5.93. The third-order valence-electron chi connectivity index (χ3n) is 4.61. The Hall–Kier alpha value is -0.970. The van der Waals surface area contributed by atoms with Crippen LogP contribution in [0.25, 0.3) is 0 Å². The number of carbonyl (C=O) groups excluding carboxylic acids is 2. The van der Waals surface area contributed by atoms with Crippen molar-refractivity contribution in [3.05, 3.63) is 35.9 Å². The molecule has 0 aromatic heterocycles. The number of hydrogen-bond donors (Lipinski definition) is 0. The van der Waals surface area contributed by atoms with Crippen molar-refractivity contribution in [3.63, 3.8) is 0 Å². The highest BCUT2D eigenvalue weighted by Crippen LogP contribution is 2.48. The zero-order valence-corrected chi connectivity index (χ0v) is 17.2. The van der Waals surface area contributed by atoms with Crippen LogP contribution in [0.15, 0.2) is 30.3 Å². The molecule has 0 saturated carbocycles. The highest BCUT2D eigenvalue weighted by Gasteiger charge is 2.61. The van der Waals surface area contributed by atoms with Gasteiger partial charge in [-0.05, 0) is 18.4 Å². The van der Waals surface area contributed by atoms with E-state index in [2.05, 4.69) is 0 Å². The van der Waals surface area contributed by atoms with Crippen LogP contribution >= 0.6 is 34.8 Å². The standard InChI is InChI=1S/C19H24Cl3NO3/c1-3-8-14(20)16-15(9-4-2)23(17(24)19(16,21)22)18(25)26-12-13-10-6-5-7-11-13/h5-7,10-11,14-16H,3-4,8-9,12H2,1-2H3/t14?,15-,16+/m1/s1. The highest BCUT2D eigenvalue weighted by molar-refractivity contribution is 6.59. The maximum absolute atomic E-state index is 12.8. The number of benzene rings is 1. The molecule has 7 heteroatoms. The van der Waals surface area contributed by atoms with Gasteiger partial charge < -0.3 is 4.74 Å². The number of carbonyl (C=O) groups is 2. The summed E-state index contributed by atoms with van der Waals surface area (Å²) in [6.07, 6.45) is 2.10. The summed E-state index contributed by atoms with van der Waals surface area (Å²) in [6, 6.07) is 8.79. The molecule has 144 valence electrons. The average Bonchev–Trinajstić information content (AvgIpc) is 2.80. The van der Waals surface area contributed by atoms with E-state index in [0.29, 0.717) is 12.8 Å². The van der Waals surface area contributed by atoms with Crippen molar-refractivity contribution < 1.29 is 14.3 Å². The molecule has 1 heterocycles. The number of imide groups is 1. The number of hydrogen-bond acceptors (Lipinski definition) is 3. The molecular formula is C19H24Cl3NO3. The lowest BCUT2D eigenvalue weighted by Gasteiger charge is -2.29. The van der Waals surface area contributed by atoms with Crippen molar-refractivity contribution >= 4 is 46.8 Å². The van der Waals surface area contributed by atoms with Crippen LogP contribution in [0.1, 0.15) is 45.1 Å². The van der Waals surface area contributed by atoms with Gasteiger partial charge in [0.2, 0.25) is 4.33 Å². The van der Waals surface area contributed by atoms with Crippen molar-refractivity contribution in [3.8, 4) is 0 Å². The van der Waals surface area contributed by atoms with Gasteiger partial charge in [0.25, 0.3) is 5.91 Å². The first-order valence-corrected chi connectivity index (χ1v) is 10.1. The second-order valence-electron chi connectivity index (χ2n) is 6.52. The van der Waals surface area contributed by atoms with Crippen LogP contribution < -0.4 is 0 Å². The number of nitrogens with zero attached hydrogens (tertiary/aromatic N) is 1. The van der Waals surface area contributed by atoms with E-state index in [1.807, 2.05) is 44.2 Å². The molecule has 4 nitrogen and oxygen atoms in total. The maximum atomic E-state index is 12.8. The normalized spacial score (nSPS) is 23.1. The molecule has 1 aliphatic heterocycles. The third kappa shape index (κ3) is 4.47. The maximum Gasteiger partial charge on any atom is 0.417 e. The van der Waals surface area contributed by atoms with Crippen LogP contribution in [0.4, 0.5) is 4.79 Å². The van der Waals surface area contributed by atoms with Crippen LogP contribution in [-0.4, -0.2) is 32.7 Å². The summed E-state index contributed by atoms with van der Waals surface area (Å²) in [5.41, 5.74) is 0.834. The Morgan fingerprint density at radius 1 is 1.23 bits per heavy atom. The Labute approximate surface area is 169 Å². The van der Waals surface area contributed by atoms with Gasteiger partial charge in [0, 0.05) is 11.3 Å². The van der Waals surface area contributed by atoms with Crippen LogP contribution in [0.5, 0.6) is 0 Å². The molecular weight excluding hydrogens is 397 g/mol. The first-order valence-electron chi connectivity index (χ1n) is 8.90. The Bertz CT molecular complexity index is 624. The Balaban J connectivity index is 2.21. The molecule has 0 bridgehead atoms. The predicted octanol–water partition coefficient (Wildman–Crippen LogP) is 5.53. The molecule has 26 heavy (non-hydrogen) atoms. The number of rotatable bonds is 7. The molecule has 1 unspecified atom stereocenters. The fourth-order valence-corrected chi connectivity index (χ4v) is 4.87. The average molecular weight is 421 g/mol. The Kier molecular flexibility index (Phi) is 7.63. The molecule has 1 aliphatic rings. The van der Waals surface area contributed by atoms with Gasteiger partial charge in [-0.15, -0.1) is 11.6 Å². The first-order chi connectivity index (χ1) is 12.3.